The average molecular weight is 265 g/mol. The molecule has 0 saturated heterocycles. The quantitative estimate of drug-likeness (QED) is 0.831. The molecule has 3 heteroatoms. The van der Waals surface area contributed by atoms with Gasteiger partial charge in [-0.15, -0.1) is 0 Å². The predicted octanol–water partition coefficient (Wildman–Crippen LogP) is 2.31. The number of hydrogen-bond acceptors (Lipinski definition) is 2. The lowest BCUT2D eigenvalue weighted by molar-refractivity contribution is -0.143. The van der Waals surface area contributed by atoms with E-state index >= 15 is 0 Å². The fraction of sp³-hybridized carbons (Fsp3) is 0.235. The Bertz CT molecular complexity index is 662. The van der Waals surface area contributed by atoms with Crippen molar-refractivity contribution in [1.82, 2.24) is 0 Å². The first-order valence-electron chi connectivity index (χ1n) is 6.86. The van der Waals surface area contributed by atoms with Crippen molar-refractivity contribution >= 4 is 5.97 Å². The second-order valence-corrected chi connectivity index (χ2v) is 5.65. The summed E-state index contributed by atoms with van der Waals surface area (Å²) in [6.45, 7) is 0. The Morgan fingerprint density at radius 2 is 1.25 bits per heavy atom. The number of carboxylic acids is 1. The first-order valence-corrected chi connectivity index (χ1v) is 6.86. The molecule has 3 aliphatic rings. The zero-order valence-electron chi connectivity index (χ0n) is 10.9. The molecule has 0 radical (unpaired) electrons. The zero-order chi connectivity index (χ0) is 13.9. The topological polar surface area (TPSA) is 63.3 Å². The number of rotatable bonds is 1. The van der Waals surface area contributed by atoms with Gasteiger partial charge in [0, 0.05) is 17.9 Å². The standard InChI is InChI=1S/C17H15NO2/c18-16-14-11-7-3-1-5-9(11)13(15(16)17(19)20)10-6-2-4-8-12(10)14/h1-8,13-16H,18H2,(H,19,20). The Hall–Kier alpha value is -2.13. The monoisotopic (exact) mass is 265 g/mol. The Labute approximate surface area is 117 Å². The summed E-state index contributed by atoms with van der Waals surface area (Å²) in [4.78, 5) is 11.7. The van der Waals surface area contributed by atoms with Crippen LogP contribution in [0.2, 0.25) is 0 Å². The van der Waals surface area contributed by atoms with Crippen molar-refractivity contribution in [2.75, 3.05) is 0 Å². The SMILES string of the molecule is NC1C2c3ccccc3C(c3ccccc32)C1C(=O)O. The maximum atomic E-state index is 11.7. The second-order valence-electron chi connectivity index (χ2n) is 5.65. The van der Waals surface area contributed by atoms with Gasteiger partial charge in [-0.05, 0) is 22.3 Å². The maximum absolute atomic E-state index is 11.7. The maximum Gasteiger partial charge on any atom is 0.309 e. The fourth-order valence-corrected chi connectivity index (χ4v) is 4.03. The van der Waals surface area contributed by atoms with Crippen LogP contribution >= 0.6 is 0 Å². The van der Waals surface area contributed by atoms with E-state index < -0.39 is 11.9 Å². The zero-order valence-corrected chi connectivity index (χ0v) is 10.9. The molecule has 5 rings (SSSR count). The van der Waals surface area contributed by atoms with Crippen molar-refractivity contribution in [3.8, 4) is 0 Å². The van der Waals surface area contributed by atoms with E-state index in [9.17, 15) is 9.90 Å². The van der Waals surface area contributed by atoms with Crippen molar-refractivity contribution in [3.05, 3.63) is 70.8 Å². The molecular weight excluding hydrogens is 250 g/mol. The van der Waals surface area contributed by atoms with Crippen LogP contribution in [0.3, 0.4) is 0 Å². The Morgan fingerprint density at radius 1 is 0.850 bits per heavy atom. The van der Waals surface area contributed by atoms with Crippen LogP contribution in [0.4, 0.5) is 0 Å². The van der Waals surface area contributed by atoms with E-state index in [-0.39, 0.29) is 17.9 Å². The van der Waals surface area contributed by atoms with Crippen LogP contribution in [-0.4, -0.2) is 17.1 Å². The minimum atomic E-state index is -0.795. The molecule has 2 bridgehead atoms. The minimum absolute atomic E-state index is 0.00602. The highest BCUT2D eigenvalue weighted by atomic mass is 16.4. The van der Waals surface area contributed by atoms with Gasteiger partial charge >= 0.3 is 5.97 Å². The molecule has 0 aliphatic heterocycles. The first kappa shape index (κ1) is 11.7. The van der Waals surface area contributed by atoms with E-state index in [0.717, 1.165) is 11.1 Å². The molecule has 0 spiro atoms. The van der Waals surface area contributed by atoms with Crippen LogP contribution in [0.15, 0.2) is 48.5 Å². The van der Waals surface area contributed by atoms with Gasteiger partial charge in [-0.3, -0.25) is 4.79 Å². The van der Waals surface area contributed by atoms with Crippen molar-refractivity contribution in [2.45, 2.75) is 17.9 Å². The summed E-state index contributed by atoms with van der Waals surface area (Å²) >= 11 is 0. The molecule has 3 nitrogen and oxygen atoms in total. The Kier molecular flexibility index (Phi) is 2.30. The summed E-state index contributed by atoms with van der Waals surface area (Å²) in [7, 11) is 0. The third-order valence-electron chi connectivity index (χ3n) is 4.78. The summed E-state index contributed by atoms with van der Waals surface area (Å²) in [5.74, 6) is -1.46. The number of benzene rings is 2. The van der Waals surface area contributed by atoms with Gasteiger partial charge in [0.15, 0.2) is 0 Å². The molecule has 3 N–H and O–H groups in total. The number of fused-ring (bicyclic) bond motifs is 1. The predicted molar refractivity (Wildman–Crippen MR) is 75.7 cm³/mol. The molecule has 0 amide bonds. The summed E-state index contributed by atoms with van der Waals surface area (Å²) in [5, 5.41) is 9.60. The molecular formula is C17H15NO2. The van der Waals surface area contributed by atoms with Gasteiger partial charge in [-0.1, -0.05) is 48.5 Å². The summed E-state index contributed by atoms with van der Waals surface area (Å²) in [6.07, 6.45) is 0. The highest BCUT2D eigenvalue weighted by molar-refractivity contribution is 5.77. The summed E-state index contributed by atoms with van der Waals surface area (Å²) in [6, 6.07) is 15.9. The van der Waals surface area contributed by atoms with E-state index in [1.54, 1.807) is 0 Å². The molecule has 0 aromatic heterocycles. The van der Waals surface area contributed by atoms with Crippen LogP contribution in [0.1, 0.15) is 34.1 Å². The molecule has 100 valence electrons. The van der Waals surface area contributed by atoms with Crippen molar-refractivity contribution in [1.29, 1.82) is 0 Å². The van der Waals surface area contributed by atoms with Crippen molar-refractivity contribution in [2.24, 2.45) is 11.7 Å². The van der Waals surface area contributed by atoms with E-state index in [1.807, 2.05) is 36.4 Å². The molecule has 20 heavy (non-hydrogen) atoms. The van der Waals surface area contributed by atoms with Gasteiger partial charge in [-0.25, -0.2) is 0 Å². The van der Waals surface area contributed by atoms with Crippen LogP contribution in [0.25, 0.3) is 0 Å². The number of nitrogens with two attached hydrogens (primary N) is 1. The lowest BCUT2D eigenvalue weighted by atomic mass is 9.57. The lowest BCUT2D eigenvalue weighted by Gasteiger charge is -2.47. The number of carboxylic acid groups (broad SMARTS) is 1. The largest absolute Gasteiger partial charge is 0.481 e. The molecule has 2 atom stereocenters. The molecule has 0 fully saturated rings. The van der Waals surface area contributed by atoms with Crippen molar-refractivity contribution in [3.63, 3.8) is 0 Å². The first-order chi connectivity index (χ1) is 9.70. The molecule has 3 aliphatic carbocycles. The Balaban J connectivity index is 2.04. The molecule has 0 saturated carbocycles. The normalized spacial score (nSPS) is 29.6. The van der Waals surface area contributed by atoms with Gasteiger partial charge in [0.25, 0.3) is 0 Å². The average Bonchev–Trinajstić information content (AvgIpc) is 2.47. The smallest absolute Gasteiger partial charge is 0.309 e. The van der Waals surface area contributed by atoms with Crippen LogP contribution in [0, 0.1) is 5.92 Å². The molecule has 0 heterocycles. The van der Waals surface area contributed by atoms with Gasteiger partial charge < -0.3 is 10.8 Å². The molecule has 2 aromatic carbocycles. The fourth-order valence-electron chi connectivity index (χ4n) is 4.03. The van der Waals surface area contributed by atoms with Crippen LogP contribution in [-0.2, 0) is 4.79 Å². The minimum Gasteiger partial charge on any atom is -0.481 e. The number of hydrogen-bond donors (Lipinski definition) is 2. The van der Waals surface area contributed by atoms with Gasteiger partial charge in [0.2, 0.25) is 0 Å². The van der Waals surface area contributed by atoms with Gasteiger partial charge in [0.05, 0.1) is 5.92 Å². The van der Waals surface area contributed by atoms with Gasteiger partial charge in [-0.2, -0.15) is 0 Å². The van der Waals surface area contributed by atoms with E-state index in [1.165, 1.54) is 11.1 Å². The third-order valence-corrected chi connectivity index (χ3v) is 4.78. The van der Waals surface area contributed by atoms with E-state index in [4.69, 9.17) is 5.73 Å². The Morgan fingerprint density at radius 3 is 1.65 bits per heavy atom. The van der Waals surface area contributed by atoms with E-state index in [2.05, 4.69) is 12.1 Å². The van der Waals surface area contributed by atoms with Gasteiger partial charge in [0.1, 0.15) is 0 Å². The van der Waals surface area contributed by atoms with E-state index in [0.29, 0.717) is 0 Å². The lowest BCUT2D eigenvalue weighted by Crippen LogP contribution is -2.51. The third kappa shape index (κ3) is 1.30. The summed E-state index contributed by atoms with van der Waals surface area (Å²) in [5.41, 5.74) is 11.0. The molecule has 2 unspecified atom stereocenters. The summed E-state index contributed by atoms with van der Waals surface area (Å²) < 4.78 is 0. The number of carbonyl (C=O) groups is 1. The van der Waals surface area contributed by atoms with Crippen LogP contribution < -0.4 is 5.73 Å². The number of aliphatic carboxylic acids is 1. The highest BCUT2D eigenvalue weighted by Crippen LogP contribution is 2.54. The second kappa shape index (κ2) is 3.93. The van der Waals surface area contributed by atoms with Crippen molar-refractivity contribution < 1.29 is 9.90 Å². The highest BCUT2D eigenvalue weighted by Gasteiger charge is 2.51. The molecule has 2 aromatic rings. The van der Waals surface area contributed by atoms with Crippen LogP contribution in [0.5, 0.6) is 0 Å².